The van der Waals surface area contributed by atoms with Crippen LogP contribution in [-0.2, 0) is 32.5 Å². The van der Waals surface area contributed by atoms with E-state index in [-0.39, 0.29) is 32.5 Å². The summed E-state index contributed by atoms with van der Waals surface area (Å²) in [7, 11) is 0. The molecule has 0 unspecified atom stereocenters. The van der Waals surface area contributed by atoms with Crippen molar-refractivity contribution in [1.29, 1.82) is 0 Å². The molecule has 18 rings (SSSR count). The maximum atomic E-state index is 2.75. The summed E-state index contributed by atoms with van der Waals surface area (Å²) in [4.78, 5) is 0. The summed E-state index contributed by atoms with van der Waals surface area (Å²) in [6.45, 7) is 64.3. The van der Waals surface area contributed by atoms with Crippen LogP contribution in [0.3, 0.4) is 0 Å². The highest BCUT2D eigenvalue weighted by Gasteiger charge is 2.53. The molecule has 0 saturated carbocycles. The number of benzene rings is 12. The van der Waals surface area contributed by atoms with Gasteiger partial charge in [0.25, 0.3) is 0 Å². The van der Waals surface area contributed by atoms with E-state index in [2.05, 4.69) is 398 Å². The monoisotopic (exact) mass is 1860 g/mol. The Morgan fingerprint density at radius 3 is 0.329 bits per heavy atom. The Kier molecular flexibility index (Phi) is 29.0. The summed E-state index contributed by atoms with van der Waals surface area (Å²) in [5, 5.41) is 0. The highest BCUT2D eigenvalue weighted by molar-refractivity contribution is 5.95. The van der Waals surface area contributed by atoms with E-state index in [1.807, 2.05) is 0 Å². The molecular weight excluding hydrogens is 1680 g/mol. The first-order chi connectivity index (χ1) is 67.3. The number of rotatable bonds is 41. The standard InChI is InChI=1S/C140H174/c1-27-87(13)75-135(76-88(14)28-2)123-63-99(25)39-51-111(123)113-53-41-101(65-125(113)135)103-43-55-115-117-57-45-105(69-129(117)137(127(115)67-103,79-91(17)31-5)80-92(18)32-6)107-47-59-119-121-61-49-109(73-133(121)139(131(119)71-107,83-95(21)35-9)84-96(22)36-10)110-50-62-122-120-60-48-108(72-132(120)140(134(122)74-110,85-97(23)37-11)86-98(24)38-12)106-46-58-118-116-56-44-104(68-128(116)138(130(118)70-106,81-93(19)33-7)82-94(20)34-8)102-42-54-114-112-52-40-100(26)64-124(112)136(126(114)66-102,77-89(15)29-3)78-90(16)30-4/h39-74,87-98H,27-38,75-86H2,1-26H3/t87-,88-,89-,90-,91-,92-,93-,94-,95-,96-,97-,98-/m0/s1. The molecule has 0 fully saturated rings. The lowest BCUT2D eigenvalue weighted by molar-refractivity contribution is 0.308. The average molecular weight is 1860 g/mol. The Labute approximate surface area is 850 Å². The van der Waals surface area contributed by atoms with Crippen LogP contribution >= 0.6 is 0 Å². The van der Waals surface area contributed by atoms with Gasteiger partial charge in [-0.1, -0.05) is 412 Å². The van der Waals surface area contributed by atoms with Crippen molar-refractivity contribution in [3.8, 4) is 122 Å². The summed E-state index contributed by atoms with van der Waals surface area (Å²) in [6, 6.07) is 93.0. The van der Waals surface area contributed by atoms with Gasteiger partial charge in [0.1, 0.15) is 0 Å². The smallest absolute Gasteiger partial charge is 0.0220 e. The summed E-state index contributed by atoms with van der Waals surface area (Å²) < 4.78 is 0. The van der Waals surface area contributed by atoms with Crippen LogP contribution in [0.5, 0.6) is 0 Å². The molecule has 12 aromatic carbocycles. The first kappa shape index (κ1) is 101. The predicted molar refractivity (Wildman–Crippen MR) is 609 cm³/mol. The maximum Gasteiger partial charge on any atom is 0.0220 e. The lowest BCUT2D eigenvalue weighted by atomic mass is 9.65. The highest BCUT2D eigenvalue weighted by Crippen LogP contribution is 2.66. The molecule has 0 aliphatic heterocycles. The first-order valence-electron chi connectivity index (χ1n) is 57.1. The average Bonchev–Trinajstić information content (AvgIpc) is 1.57. The van der Waals surface area contributed by atoms with Crippen LogP contribution < -0.4 is 0 Å². The van der Waals surface area contributed by atoms with Gasteiger partial charge in [-0.3, -0.25) is 0 Å². The van der Waals surface area contributed by atoms with Crippen LogP contribution in [0.1, 0.15) is 398 Å². The van der Waals surface area contributed by atoms with E-state index in [0.717, 1.165) is 103 Å². The van der Waals surface area contributed by atoms with Gasteiger partial charge < -0.3 is 0 Å². The van der Waals surface area contributed by atoms with E-state index < -0.39 is 0 Å². The lowest BCUT2D eigenvalue weighted by Gasteiger charge is -2.38. The third kappa shape index (κ3) is 17.4. The van der Waals surface area contributed by atoms with Crippen LogP contribution in [0.4, 0.5) is 0 Å². The van der Waals surface area contributed by atoms with E-state index in [1.165, 1.54) is 185 Å². The first-order valence-corrected chi connectivity index (χ1v) is 57.1. The van der Waals surface area contributed by atoms with Crippen molar-refractivity contribution in [1.82, 2.24) is 0 Å². The third-order valence-corrected chi connectivity index (χ3v) is 38.9. The molecule has 734 valence electrons. The Balaban J connectivity index is 0.721. The van der Waals surface area contributed by atoms with Crippen molar-refractivity contribution in [2.75, 3.05) is 0 Å². The fourth-order valence-corrected chi connectivity index (χ4v) is 29.0. The zero-order valence-electron chi connectivity index (χ0n) is 91.7. The van der Waals surface area contributed by atoms with Crippen molar-refractivity contribution < 1.29 is 0 Å². The maximum absolute atomic E-state index is 2.75. The van der Waals surface area contributed by atoms with Gasteiger partial charge in [-0.15, -0.1) is 0 Å². The molecule has 0 bridgehead atoms. The topological polar surface area (TPSA) is 0 Å². The molecule has 12 atom stereocenters. The Hall–Kier alpha value is -9.36. The summed E-state index contributed by atoms with van der Waals surface area (Å²) in [5.74, 6) is 6.74. The number of hydrogen-bond donors (Lipinski definition) is 0. The van der Waals surface area contributed by atoms with Gasteiger partial charge in [0.15, 0.2) is 0 Å². The molecule has 6 aliphatic carbocycles. The van der Waals surface area contributed by atoms with E-state index in [0.29, 0.717) is 71.0 Å². The largest absolute Gasteiger partial charge is 0.0651 e. The Morgan fingerprint density at radius 1 is 0.136 bits per heavy atom. The zero-order valence-corrected chi connectivity index (χ0v) is 91.7. The SMILES string of the molecule is CC[C@H](C)CC1(C[C@@H](C)CC)c2cc(C)ccc2-c2ccc(-c3ccc4c(c3)C(C[C@@H](C)CC)(C[C@@H](C)CC)c3cc(-c5ccc6c(c5)C(C[C@@H](C)CC)(C[C@@H](C)CC)c5cc(-c7ccc8c(c7)C(C[C@@H](C)CC)(C[C@@H](C)CC)c7cc(-c9ccc%10c(c9)C(C[C@@H](C)CC)(C[C@@H](C)CC)c9cc(-c%11ccc%12c(c%11)C(C[C@@H](C)CC)(C[C@@H](C)CC)c%11cc(C)ccc%11-%12)ccc9-%10)ccc7-8)ccc5-6)ccc3-4)cc21. The van der Waals surface area contributed by atoms with Gasteiger partial charge in [0.2, 0.25) is 0 Å². The number of hydrogen-bond acceptors (Lipinski definition) is 0. The molecule has 0 N–H and O–H groups in total. The van der Waals surface area contributed by atoms with Crippen LogP contribution in [0, 0.1) is 84.9 Å². The molecule has 6 aliphatic rings. The van der Waals surface area contributed by atoms with E-state index in [1.54, 1.807) is 66.8 Å². The summed E-state index contributed by atoms with van der Waals surface area (Å²) >= 11 is 0. The summed E-state index contributed by atoms with van der Waals surface area (Å²) in [6.07, 6.45) is 27.7. The van der Waals surface area contributed by atoms with E-state index in [4.69, 9.17) is 0 Å². The van der Waals surface area contributed by atoms with E-state index in [9.17, 15) is 0 Å². The molecule has 0 radical (unpaired) electrons. The number of fused-ring (bicyclic) bond motifs is 18. The van der Waals surface area contributed by atoms with Gasteiger partial charge in [-0.25, -0.2) is 0 Å². The molecular formula is C140H174. The van der Waals surface area contributed by atoms with Gasteiger partial charge in [0.05, 0.1) is 0 Å². The second-order valence-corrected chi connectivity index (χ2v) is 48.8. The minimum Gasteiger partial charge on any atom is -0.0651 e. The quantitative estimate of drug-likeness (QED) is 0.0358. The molecule has 0 spiro atoms. The van der Waals surface area contributed by atoms with Crippen LogP contribution in [0.2, 0.25) is 0 Å². The Bertz CT molecular complexity index is 6020. The van der Waals surface area contributed by atoms with Gasteiger partial charge >= 0.3 is 0 Å². The zero-order chi connectivity index (χ0) is 99.1. The van der Waals surface area contributed by atoms with Crippen LogP contribution in [0.15, 0.2) is 218 Å². The van der Waals surface area contributed by atoms with Gasteiger partial charge in [-0.2, -0.15) is 0 Å². The minimum atomic E-state index is -0.182. The molecule has 0 amide bonds. The second kappa shape index (κ2) is 40.3. The molecule has 0 nitrogen and oxygen atoms in total. The minimum absolute atomic E-state index is 0.0268. The normalized spacial score (nSPS) is 18.0. The summed E-state index contributed by atoms with van der Waals surface area (Å²) in [5.41, 5.74) is 51.7. The molecule has 0 saturated heterocycles. The van der Waals surface area contributed by atoms with Crippen molar-refractivity contribution in [3.63, 3.8) is 0 Å². The fraction of sp³-hybridized carbons (Fsp3) is 0.486. The molecule has 0 heteroatoms. The Morgan fingerprint density at radius 2 is 0.229 bits per heavy atom. The number of aryl methyl sites for hydroxylation is 2. The predicted octanol–water partition coefficient (Wildman–Crippen LogP) is 41.5. The lowest BCUT2D eigenvalue weighted by Crippen LogP contribution is -2.31. The molecule has 0 heterocycles. The molecule has 12 aromatic rings. The fourth-order valence-electron chi connectivity index (χ4n) is 29.0. The third-order valence-electron chi connectivity index (χ3n) is 38.9. The van der Waals surface area contributed by atoms with Crippen molar-refractivity contribution in [2.45, 2.75) is 367 Å². The molecule has 140 heavy (non-hydrogen) atoms. The van der Waals surface area contributed by atoms with E-state index >= 15 is 0 Å². The highest BCUT2D eigenvalue weighted by atomic mass is 14.6. The van der Waals surface area contributed by atoms with Crippen molar-refractivity contribution >= 4 is 0 Å². The van der Waals surface area contributed by atoms with Gasteiger partial charge in [-0.05, 0) is 412 Å². The van der Waals surface area contributed by atoms with Crippen molar-refractivity contribution in [2.24, 2.45) is 71.0 Å². The van der Waals surface area contributed by atoms with Gasteiger partial charge in [0, 0.05) is 32.5 Å². The van der Waals surface area contributed by atoms with Crippen LogP contribution in [0.25, 0.3) is 122 Å². The molecule has 0 aromatic heterocycles. The second-order valence-electron chi connectivity index (χ2n) is 48.8. The van der Waals surface area contributed by atoms with Crippen molar-refractivity contribution in [3.05, 3.63) is 296 Å². The van der Waals surface area contributed by atoms with Crippen LogP contribution in [-0.4, -0.2) is 0 Å².